The van der Waals surface area contributed by atoms with Crippen molar-refractivity contribution in [3.05, 3.63) is 11.6 Å². The number of hydrogen-bond acceptors (Lipinski definition) is 6. The van der Waals surface area contributed by atoms with Crippen molar-refractivity contribution in [2.24, 2.45) is 46.2 Å². The first-order valence-corrected chi connectivity index (χ1v) is 15.0. The minimum absolute atomic E-state index is 0.163. The number of aliphatic hydroxyl groups is 1. The highest BCUT2D eigenvalue weighted by Gasteiger charge is 2.59. The zero-order valence-corrected chi connectivity index (χ0v) is 24.2. The second-order valence-corrected chi connectivity index (χ2v) is 14.2. The standard InChI is InChI=1S/C31H51NO6/c1-19(7-6-14-29(2,3)36)23-10-11-24-22-9-8-20-17-21(38-28(35)37-18-26(32)27(33)34)12-15-30(20,4)25(22)13-16-31(23,24)5/h8,19,21-26,36H,6-7,9-18,32H2,1-5H3,(H,33,34)/t19-,21+,22+,23-,24+,25+,26+,30+,31-/m1/s1. The molecule has 4 aliphatic carbocycles. The van der Waals surface area contributed by atoms with Crippen LogP contribution in [0, 0.1) is 40.4 Å². The third kappa shape index (κ3) is 5.94. The summed E-state index contributed by atoms with van der Waals surface area (Å²) in [6, 6.07) is -1.24. The number of rotatable bonds is 9. The van der Waals surface area contributed by atoms with Crippen molar-refractivity contribution in [2.45, 2.75) is 123 Å². The monoisotopic (exact) mass is 533 g/mol. The van der Waals surface area contributed by atoms with Crippen molar-refractivity contribution in [3.63, 3.8) is 0 Å². The van der Waals surface area contributed by atoms with E-state index in [0.29, 0.717) is 17.3 Å². The van der Waals surface area contributed by atoms with Crippen LogP contribution in [0.1, 0.15) is 105 Å². The number of nitrogens with two attached hydrogens (primary N) is 1. The van der Waals surface area contributed by atoms with Crippen molar-refractivity contribution in [1.82, 2.24) is 0 Å². The molecule has 0 spiro atoms. The minimum atomic E-state index is -1.24. The molecule has 0 radical (unpaired) electrons. The van der Waals surface area contributed by atoms with Crippen molar-refractivity contribution in [2.75, 3.05) is 6.61 Å². The Morgan fingerprint density at radius 3 is 2.58 bits per heavy atom. The van der Waals surface area contributed by atoms with Gasteiger partial charge in [0, 0.05) is 6.42 Å². The fraction of sp³-hybridized carbons (Fsp3) is 0.871. The first-order valence-electron chi connectivity index (χ1n) is 15.0. The van der Waals surface area contributed by atoms with Gasteiger partial charge in [0.15, 0.2) is 0 Å². The van der Waals surface area contributed by atoms with Gasteiger partial charge in [0.2, 0.25) is 0 Å². The summed E-state index contributed by atoms with van der Waals surface area (Å²) in [7, 11) is 0. The van der Waals surface area contributed by atoms with Crippen LogP contribution in [0.4, 0.5) is 4.79 Å². The molecule has 0 aromatic rings. The van der Waals surface area contributed by atoms with Crippen LogP contribution >= 0.6 is 0 Å². The third-order valence-electron chi connectivity index (χ3n) is 11.2. The number of carbonyl (C=O) groups is 2. The maximum absolute atomic E-state index is 12.1. The van der Waals surface area contributed by atoms with E-state index in [0.717, 1.165) is 56.3 Å². The number of aliphatic carboxylic acids is 1. The molecule has 4 rings (SSSR count). The molecular formula is C31H51NO6. The molecule has 0 aliphatic heterocycles. The van der Waals surface area contributed by atoms with Crippen molar-refractivity contribution >= 4 is 12.1 Å². The zero-order valence-electron chi connectivity index (χ0n) is 24.2. The molecule has 9 atom stereocenters. The molecule has 4 N–H and O–H groups in total. The molecule has 3 fully saturated rings. The maximum Gasteiger partial charge on any atom is 0.508 e. The molecule has 0 amide bonds. The average molecular weight is 534 g/mol. The van der Waals surface area contributed by atoms with Gasteiger partial charge >= 0.3 is 12.1 Å². The number of carbonyl (C=O) groups excluding carboxylic acids is 1. The van der Waals surface area contributed by atoms with Gasteiger partial charge in [-0.1, -0.05) is 45.3 Å². The summed E-state index contributed by atoms with van der Waals surface area (Å²) >= 11 is 0. The molecule has 7 heteroatoms. The number of hydrogen-bond donors (Lipinski definition) is 3. The van der Waals surface area contributed by atoms with Gasteiger partial charge in [0.25, 0.3) is 0 Å². The second-order valence-electron chi connectivity index (χ2n) is 14.2. The van der Waals surface area contributed by atoms with E-state index >= 15 is 0 Å². The number of carboxylic acids is 1. The van der Waals surface area contributed by atoms with Gasteiger partial charge in [0.1, 0.15) is 18.8 Å². The topological polar surface area (TPSA) is 119 Å². The van der Waals surface area contributed by atoms with Crippen molar-refractivity contribution < 1.29 is 29.3 Å². The quantitative estimate of drug-likeness (QED) is 0.243. The van der Waals surface area contributed by atoms with Gasteiger partial charge in [-0.05, 0) is 106 Å². The van der Waals surface area contributed by atoms with E-state index in [1.54, 1.807) is 0 Å². The summed E-state index contributed by atoms with van der Waals surface area (Å²) in [5.41, 5.74) is 6.86. The molecular weight excluding hydrogens is 482 g/mol. The predicted octanol–water partition coefficient (Wildman–Crippen LogP) is 6.08. The molecule has 38 heavy (non-hydrogen) atoms. The SMILES string of the molecule is C[C@H](CCCC(C)(C)O)[C@H]1CC[C@H]2[C@@H]3CC=C4C[C@@H](OC(=O)OC[C@H](N)C(=O)O)CC[C@]4(C)[C@H]3CC[C@]12C. The molecule has 4 aliphatic rings. The maximum atomic E-state index is 12.1. The van der Waals surface area contributed by atoms with Crippen LogP contribution in [-0.4, -0.2) is 46.7 Å². The summed E-state index contributed by atoms with van der Waals surface area (Å²) in [5, 5.41) is 19.0. The Morgan fingerprint density at radius 1 is 1.16 bits per heavy atom. The lowest BCUT2D eigenvalue weighted by Crippen LogP contribution is -2.51. The molecule has 0 bridgehead atoms. The Bertz CT molecular complexity index is 911. The summed E-state index contributed by atoms with van der Waals surface area (Å²) in [6.07, 6.45) is 13.5. The minimum Gasteiger partial charge on any atom is -0.480 e. The van der Waals surface area contributed by atoms with E-state index in [-0.39, 0.29) is 18.1 Å². The van der Waals surface area contributed by atoms with E-state index < -0.39 is 23.8 Å². The highest BCUT2D eigenvalue weighted by Crippen LogP contribution is 2.67. The van der Waals surface area contributed by atoms with Gasteiger partial charge in [-0.25, -0.2) is 4.79 Å². The number of fused-ring (bicyclic) bond motifs is 5. The lowest BCUT2D eigenvalue weighted by Gasteiger charge is -2.58. The van der Waals surface area contributed by atoms with Gasteiger partial charge < -0.3 is 25.4 Å². The number of ether oxygens (including phenoxy) is 2. The first-order chi connectivity index (χ1) is 17.7. The molecule has 0 aromatic heterocycles. The highest BCUT2D eigenvalue weighted by molar-refractivity contribution is 5.73. The molecule has 3 saturated carbocycles. The number of carboxylic acid groups (broad SMARTS) is 1. The van der Waals surface area contributed by atoms with E-state index in [9.17, 15) is 14.7 Å². The molecule has 216 valence electrons. The molecule has 0 saturated heterocycles. The van der Waals surface area contributed by atoms with Gasteiger partial charge in [-0.2, -0.15) is 0 Å². The predicted molar refractivity (Wildman–Crippen MR) is 146 cm³/mol. The Balaban J connectivity index is 1.37. The zero-order chi connectivity index (χ0) is 27.9. The van der Waals surface area contributed by atoms with Crippen molar-refractivity contribution in [1.29, 1.82) is 0 Å². The lowest BCUT2D eigenvalue weighted by molar-refractivity contribution is -0.139. The largest absolute Gasteiger partial charge is 0.508 e. The molecule has 0 unspecified atom stereocenters. The fourth-order valence-electron chi connectivity index (χ4n) is 9.16. The summed E-state index contributed by atoms with van der Waals surface area (Å²) < 4.78 is 10.5. The Hall–Kier alpha value is -1.60. The average Bonchev–Trinajstić information content (AvgIpc) is 3.19. The van der Waals surface area contributed by atoms with E-state index in [4.69, 9.17) is 20.3 Å². The van der Waals surface area contributed by atoms with Crippen LogP contribution in [0.25, 0.3) is 0 Å². The third-order valence-corrected chi connectivity index (χ3v) is 11.2. The van der Waals surface area contributed by atoms with E-state index in [1.807, 2.05) is 13.8 Å². The Labute approximate surface area is 228 Å². The van der Waals surface area contributed by atoms with Crippen molar-refractivity contribution in [3.8, 4) is 0 Å². The van der Waals surface area contributed by atoms with Gasteiger partial charge in [-0.3, -0.25) is 4.79 Å². The van der Waals surface area contributed by atoms with Crippen LogP contribution < -0.4 is 5.73 Å². The molecule has 7 nitrogen and oxygen atoms in total. The number of allylic oxidation sites excluding steroid dienone is 1. The van der Waals surface area contributed by atoms with Crippen LogP contribution in [0.3, 0.4) is 0 Å². The summed E-state index contributed by atoms with van der Waals surface area (Å²) in [4.78, 5) is 23.0. The summed E-state index contributed by atoms with van der Waals surface area (Å²) in [5.74, 6) is 2.47. The molecule has 0 aromatic carbocycles. The lowest BCUT2D eigenvalue weighted by atomic mass is 9.47. The van der Waals surface area contributed by atoms with Gasteiger partial charge in [0.05, 0.1) is 5.60 Å². The van der Waals surface area contributed by atoms with E-state index in [1.165, 1.54) is 37.7 Å². The Morgan fingerprint density at radius 2 is 1.89 bits per heavy atom. The van der Waals surface area contributed by atoms with Crippen LogP contribution in [0.15, 0.2) is 11.6 Å². The smallest absolute Gasteiger partial charge is 0.480 e. The highest BCUT2D eigenvalue weighted by atomic mass is 16.7. The Kier molecular flexibility index (Phi) is 8.59. The summed E-state index contributed by atoms with van der Waals surface area (Å²) in [6.45, 7) is 10.9. The van der Waals surface area contributed by atoms with E-state index in [2.05, 4.69) is 26.8 Å². The van der Waals surface area contributed by atoms with Crippen LogP contribution in [0.5, 0.6) is 0 Å². The normalized spacial score (nSPS) is 38.2. The van der Waals surface area contributed by atoms with Crippen LogP contribution in [0.2, 0.25) is 0 Å². The fourth-order valence-corrected chi connectivity index (χ4v) is 9.16. The van der Waals surface area contributed by atoms with Gasteiger partial charge in [-0.15, -0.1) is 0 Å². The molecule has 0 heterocycles. The second kappa shape index (κ2) is 11.1. The van der Waals surface area contributed by atoms with Crippen LogP contribution in [-0.2, 0) is 14.3 Å². The first kappa shape index (κ1) is 29.4.